The zero-order valence-corrected chi connectivity index (χ0v) is 11.3. The van der Waals surface area contributed by atoms with Crippen LogP contribution in [0.15, 0.2) is 28.6 Å². The van der Waals surface area contributed by atoms with Gasteiger partial charge in [-0.2, -0.15) is 0 Å². The largest absolute Gasteiger partial charge is 0.477 e. The van der Waals surface area contributed by atoms with Crippen molar-refractivity contribution in [2.75, 3.05) is 0 Å². The molecule has 6 heteroatoms. The van der Waals surface area contributed by atoms with Crippen molar-refractivity contribution in [3.8, 4) is 0 Å². The summed E-state index contributed by atoms with van der Waals surface area (Å²) in [6.07, 6.45) is 4.93. The van der Waals surface area contributed by atoms with Crippen LogP contribution in [0.3, 0.4) is 0 Å². The van der Waals surface area contributed by atoms with E-state index in [1.165, 1.54) is 12.3 Å². The smallest absolute Gasteiger partial charge is 0.341 e. The van der Waals surface area contributed by atoms with Crippen LogP contribution in [0, 0.1) is 0 Å². The van der Waals surface area contributed by atoms with E-state index in [1.54, 1.807) is 22.1 Å². The van der Waals surface area contributed by atoms with Gasteiger partial charge in [0.25, 0.3) is 0 Å². The zero-order valence-electron chi connectivity index (χ0n) is 10.5. The minimum atomic E-state index is -1.20. The molecule has 0 atom stereocenters. The van der Waals surface area contributed by atoms with Crippen LogP contribution >= 0.6 is 11.3 Å². The molecular weight excluding hydrogens is 264 g/mol. The van der Waals surface area contributed by atoms with Gasteiger partial charge in [0.05, 0.1) is 17.2 Å². The number of carbonyl (C=O) groups is 1. The predicted octanol–water partition coefficient (Wildman–Crippen LogP) is 2.00. The summed E-state index contributed by atoms with van der Waals surface area (Å²) in [5, 5.41) is 11.9. The predicted molar refractivity (Wildman–Crippen MR) is 72.9 cm³/mol. The van der Waals surface area contributed by atoms with Crippen LogP contribution in [-0.2, 0) is 13.0 Å². The number of thiazole rings is 1. The molecule has 0 aliphatic heterocycles. The summed E-state index contributed by atoms with van der Waals surface area (Å²) in [4.78, 5) is 26.7. The average Bonchev–Trinajstić information content (AvgIpc) is 2.79. The van der Waals surface area contributed by atoms with Gasteiger partial charge in [0, 0.05) is 23.8 Å². The number of aromatic nitrogens is 2. The molecule has 1 N–H and O–H groups in total. The molecule has 0 bridgehead atoms. The van der Waals surface area contributed by atoms with Crippen molar-refractivity contribution in [2.24, 2.45) is 0 Å². The summed E-state index contributed by atoms with van der Waals surface area (Å²) in [7, 11) is 0. The average molecular weight is 278 g/mol. The lowest BCUT2D eigenvalue weighted by atomic mass is 10.2. The maximum atomic E-state index is 11.3. The van der Waals surface area contributed by atoms with Crippen molar-refractivity contribution in [3.05, 3.63) is 50.3 Å². The third kappa shape index (κ3) is 3.29. The maximum absolute atomic E-state index is 11.3. The first kappa shape index (κ1) is 13.5. The normalized spacial score (nSPS) is 10.6. The van der Waals surface area contributed by atoms with Crippen LogP contribution in [0.2, 0.25) is 0 Å². The van der Waals surface area contributed by atoms with E-state index in [0.29, 0.717) is 6.54 Å². The lowest BCUT2D eigenvalue weighted by molar-refractivity contribution is 0.0694. The Kier molecular flexibility index (Phi) is 4.11. The van der Waals surface area contributed by atoms with E-state index in [9.17, 15) is 9.59 Å². The molecule has 0 saturated heterocycles. The van der Waals surface area contributed by atoms with Crippen molar-refractivity contribution in [1.29, 1.82) is 0 Å². The lowest BCUT2D eigenvalue weighted by Gasteiger charge is -2.04. The van der Waals surface area contributed by atoms with Gasteiger partial charge in [-0.15, -0.1) is 11.3 Å². The summed E-state index contributed by atoms with van der Waals surface area (Å²) < 4.78 is 1.66. The Labute approximate surface area is 114 Å². The third-order valence-electron chi connectivity index (χ3n) is 2.62. The van der Waals surface area contributed by atoms with Crippen molar-refractivity contribution in [3.63, 3.8) is 0 Å². The first-order valence-corrected chi connectivity index (χ1v) is 6.84. The Hall–Kier alpha value is -1.95. The van der Waals surface area contributed by atoms with Crippen LogP contribution in [0.1, 0.15) is 34.4 Å². The number of aryl methyl sites for hydroxylation is 1. The molecule has 0 aromatic carbocycles. The van der Waals surface area contributed by atoms with Gasteiger partial charge in [-0.1, -0.05) is 6.92 Å². The highest BCUT2D eigenvalue weighted by Crippen LogP contribution is 2.12. The minimum Gasteiger partial charge on any atom is -0.477 e. The van der Waals surface area contributed by atoms with Crippen LogP contribution in [0.25, 0.3) is 0 Å². The fourth-order valence-electron chi connectivity index (χ4n) is 1.72. The Morgan fingerprint density at radius 1 is 1.53 bits per heavy atom. The van der Waals surface area contributed by atoms with Crippen LogP contribution in [0.4, 0.5) is 0 Å². The molecule has 2 rings (SSSR count). The second-order valence-electron chi connectivity index (χ2n) is 4.18. The van der Waals surface area contributed by atoms with E-state index in [-0.39, 0.29) is 5.56 Å². The summed E-state index contributed by atoms with van der Waals surface area (Å²) in [6.45, 7) is 2.57. The highest BCUT2D eigenvalue weighted by Gasteiger charge is 2.09. The molecule has 2 heterocycles. The summed E-state index contributed by atoms with van der Waals surface area (Å²) >= 11 is 1.60. The van der Waals surface area contributed by atoms with Gasteiger partial charge in [0.2, 0.25) is 0 Å². The fraction of sp³-hybridized carbons (Fsp3) is 0.308. The SMILES string of the molecule is CCCc1nc(Cn2ccc(=O)c(C(=O)O)c2)cs1. The van der Waals surface area contributed by atoms with Crippen molar-refractivity contribution in [1.82, 2.24) is 9.55 Å². The van der Waals surface area contributed by atoms with Gasteiger partial charge in [0.15, 0.2) is 5.43 Å². The summed E-state index contributed by atoms with van der Waals surface area (Å²) in [5.41, 5.74) is 0.189. The number of pyridine rings is 1. The quantitative estimate of drug-likeness (QED) is 0.908. The van der Waals surface area contributed by atoms with E-state index < -0.39 is 11.4 Å². The molecule has 2 aromatic rings. The first-order valence-electron chi connectivity index (χ1n) is 5.97. The number of nitrogens with zero attached hydrogens (tertiary/aromatic N) is 2. The van der Waals surface area contributed by atoms with Crippen LogP contribution in [-0.4, -0.2) is 20.6 Å². The second-order valence-corrected chi connectivity index (χ2v) is 5.13. The topological polar surface area (TPSA) is 72.2 Å². The highest BCUT2D eigenvalue weighted by molar-refractivity contribution is 7.09. The molecule has 19 heavy (non-hydrogen) atoms. The van der Waals surface area contributed by atoms with E-state index in [2.05, 4.69) is 11.9 Å². The number of carboxylic acids is 1. The van der Waals surface area contributed by atoms with Crippen molar-refractivity contribution in [2.45, 2.75) is 26.3 Å². The molecule has 100 valence electrons. The molecule has 2 aromatic heterocycles. The fourth-order valence-corrected chi connectivity index (χ4v) is 2.61. The maximum Gasteiger partial charge on any atom is 0.341 e. The van der Waals surface area contributed by atoms with Gasteiger partial charge < -0.3 is 9.67 Å². The van der Waals surface area contributed by atoms with Crippen molar-refractivity contribution >= 4 is 17.3 Å². The molecule has 0 saturated carbocycles. The van der Waals surface area contributed by atoms with E-state index in [0.717, 1.165) is 23.5 Å². The molecule has 0 spiro atoms. The Bertz CT molecular complexity index is 645. The number of aromatic carboxylic acids is 1. The van der Waals surface area contributed by atoms with E-state index >= 15 is 0 Å². The highest BCUT2D eigenvalue weighted by atomic mass is 32.1. The number of hydrogen-bond donors (Lipinski definition) is 1. The molecule has 5 nitrogen and oxygen atoms in total. The standard InChI is InChI=1S/C13H14N2O3S/c1-2-3-12-14-9(8-19-12)6-15-5-4-11(16)10(7-15)13(17)18/h4-5,7-8H,2-3,6H2,1H3,(H,17,18). The Morgan fingerprint density at radius 3 is 3.00 bits per heavy atom. The number of rotatable bonds is 5. The second kappa shape index (κ2) is 5.79. The van der Waals surface area contributed by atoms with Gasteiger partial charge in [-0.3, -0.25) is 4.79 Å². The molecule has 0 aliphatic carbocycles. The number of hydrogen-bond acceptors (Lipinski definition) is 4. The van der Waals surface area contributed by atoms with Crippen LogP contribution in [0.5, 0.6) is 0 Å². The molecular formula is C13H14N2O3S. The van der Waals surface area contributed by atoms with Gasteiger partial charge in [-0.05, 0) is 12.8 Å². The monoisotopic (exact) mass is 278 g/mol. The molecule has 0 radical (unpaired) electrons. The van der Waals surface area contributed by atoms with Crippen LogP contribution < -0.4 is 5.43 Å². The lowest BCUT2D eigenvalue weighted by Crippen LogP contribution is -2.16. The summed E-state index contributed by atoms with van der Waals surface area (Å²) in [5.74, 6) is -1.20. The molecule has 0 amide bonds. The van der Waals surface area contributed by atoms with Crippen molar-refractivity contribution < 1.29 is 9.90 Å². The Balaban J connectivity index is 2.20. The number of carboxylic acid groups (broad SMARTS) is 1. The molecule has 0 aliphatic rings. The summed E-state index contributed by atoms with van der Waals surface area (Å²) in [6, 6.07) is 1.27. The third-order valence-corrected chi connectivity index (χ3v) is 3.57. The van der Waals surface area contributed by atoms with Gasteiger partial charge in [0.1, 0.15) is 5.56 Å². The molecule has 0 unspecified atom stereocenters. The van der Waals surface area contributed by atoms with E-state index in [4.69, 9.17) is 5.11 Å². The van der Waals surface area contributed by atoms with Gasteiger partial charge in [-0.25, -0.2) is 9.78 Å². The minimum absolute atomic E-state index is 0.216. The Morgan fingerprint density at radius 2 is 2.32 bits per heavy atom. The zero-order chi connectivity index (χ0) is 13.8. The molecule has 0 fully saturated rings. The first-order chi connectivity index (χ1) is 9.10. The van der Waals surface area contributed by atoms with E-state index in [1.807, 2.05) is 5.38 Å². The van der Waals surface area contributed by atoms with Gasteiger partial charge >= 0.3 is 5.97 Å².